The van der Waals surface area contributed by atoms with Gasteiger partial charge in [0.15, 0.2) is 0 Å². The summed E-state index contributed by atoms with van der Waals surface area (Å²) in [4.78, 5) is 23.4. The van der Waals surface area contributed by atoms with Crippen LogP contribution >= 0.6 is 0 Å². The van der Waals surface area contributed by atoms with Crippen LogP contribution in [0.2, 0.25) is 0 Å². The predicted octanol–water partition coefficient (Wildman–Crippen LogP) is 2.42. The van der Waals surface area contributed by atoms with Gasteiger partial charge in [-0.15, -0.1) is 0 Å². The Kier molecular flexibility index (Phi) is 5.16. The molecule has 4 heteroatoms. The molecule has 1 amide bonds. The zero-order valence-corrected chi connectivity index (χ0v) is 11.8. The molecule has 20 heavy (non-hydrogen) atoms. The molecular formula is C16H21NO3. The zero-order chi connectivity index (χ0) is 14.4. The Hall–Kier alpha value is -1.84. The summed E-state index contributed by atoms with van der Waals surface area (Å²) in [6.45, 7) is 1.78. The second-order valence-corrected chi connectivity index (χ2v) is 5.29. The minimum atomic E-state index is -0.212. The molecule has 1 fully saturated rings. The van der Waals surface area contributed by atoms with Crippen molar-refractivity contribution < 1.29 is 14.3 Å². The Bertz CT molecular complexity index is 458. The predicted molar refractivity (Wildman–Crippen MR) is 75.8 cm³/mol. The average molecular weight is 275 g/mol. The first-order valence-corrected chi connectivity index (χ1v) is 7.14. The maximum absolute atomic E-state index is 12.2. The Morgan fingerprint density at radius 3 is 2.60 bits per heavy atom. The fourth-order valence-corrected chi connectivity index (χ4v) is 2.68. The molecule has 1 aliphatic rings. The number of carbonyl (C=O) groups excluding carboxylic acids is 2. The van der Waals surface area contributed by atoms with Gasteiger partial charge in [-0.25, -0.2) is 0 Å². The fourth-order valence-electron chi connectivity index (χ4n) is 2.68. The quantitative estimate of drug-likeness (QED) is 0.859. The summed E-state index contributed by atoms with van der Waals surface area (Å²) in [5.41, 5.74) is 0.979. The van der Waals surface area contributed by atoms with E-state index in [9.17, 15) is 9.59 Å². The number of amides is 1. The van der Waals surface area contributed by atoms with E-state index in [-0.39, 0.29) is 23.8 Å². The van der Waals surface area contributed by atoms with Crippen LogP contribution in [0.25, 0.3) is 0 Å². The maximum atomic E-state index is 12.2. The second-order valence-electron chi connectivity index (χ2n) is 5.29. The summed E-state index contributed by atoms with van der Waals surface area (Å²) < 4.78 is 5.39. The third-order valence-corrected chi connectivity index (χ3v) is 3.68. The van der Waals surface area contributed by atoms with Crippen molar-refractivity contribution >= 4 is 11.9 Å². The molecule has 0 saturated heterocycles. The topological polar surface area (TPSA) is 55.4 Å². The Morgan fingerprint density at radius 2 is 1.90 bits per heavy atom. The number of carbonyl (C=O) groups is 2. The average Bonchev–Trinajstić information content (AvgIpc) is 2.46. The highest BCUT2D eigenvalue weighted by Gasteiger charge is 2.32. The van der Waals surface area contributed by atoms with Gasteiger partial charge < -0.3 is 10.1 Å². The molecule has 4 nitrogen and oxygen atoms in total. The highest BCUT2D eigenvalue weighted by molar-refractivity contribution is 5.77. The van der Waals surface area contributed by atoms with Gasteiger partial charge in [-0.1, -0.05) is 43.2 Å². The van der Waals surface area contributed by atoms with Crippen LogP contribution in [0.3, 0.4) is 0 Å². The maximum Gasteiger partial charge on any atom is 0.311 e. The van der Waals surface area contributed by atoms with E-state index in [2.05, 4.69) is 5.32 Å². The highest BCUT2D eigenvalue weighted by Crippen LogP contribution is 2.26. The van der Waals surface area contributed by atoms with E-state index in [1.165, 1.54) is 6.92 Å². The number of hydrogen-bond acceptors (Lipinski definition) is 3. The molecule has 0 aliphatic heterocycles. The van der Waals surface area contributed by atoms with Crippen LogP contribution < -0.4 is 5.32 Å². The number of nitrogens with one attached hydrogen (secondary N) is 1. The van der Waals surface area contributed by atoms with Crippen molar-refractivity contribution in [1.29, 1.82) is 0 Å². The van der Waals surface area contributed by atoms with E-state index < -0.39 is 0 Å². The van der Waals surface area contributed by atoms with Crippen molar-refractivity contribution in [2.45, 2.75) is 45.3 Å². The third kappa shape index (κ3) is 4.08. The van der Waals surface area contributed by atoms with E-state index in [4.69, 9.17) is 4.74 Å². The van der Waals surface area contributed by atoms with Crippen LogP contribution in [-0.4, -0.2) is 17.9 Å². The molecule has 1 saturated carbocycles. The van der Waals surface area contributed by atoms with Gasteiger partial charge in [0.25, 0.3) is 0 Å². The molecule has 0 aromatic heterocycles. The number of hydrogen-bond donors (Lipinski definition) is 1. The molecule has 0 bridgehead atoms. The standard InChI is InChI=1S/C16H21NO3/c1-12(18)17-15-10-6-5-9-14(15)16(19)20-11-13-7-3-2-4-8-13/h2-4,7-8,14-15H,5-6,9-11H2,1H3,(H,17,18)/t14-,15-/m1/s1. The highest BCUT2D eigenvalue weighted by atomic mass is 16.5. The fraction of sp³-hybridized carbons (Fsp3) is 0.500. The molecule has 0 spiro atoms. The van der Waals surface area contributed by atoms with Gasteiger partial charge in [0.1, 0.15) is 6.61 Å². The first-order valence-electron chi connectivity index (χ1n) is 7.14. The number of benzene rings is 1. The molecule has 1 aromatic rings. The summed E-state index contributed by atoms with van der Waals surface area (Å²) in [5, 5.41) is 2.87. The zero-order valence-electron chi connectivity index (χ0n) is 11.8. The van der Waals surface area contributed by atoms with E-state index in [0.717, 1.165) is 31.2 Å². The minimum Gasteiger partial charge on any atom is -0.461 e. The van der Waals surface area contributed by atoms with E-state index in [1.807, 2.05) is 30.3 Å². The summed E-state index contributed by atoms with van der Waals surface area (Å²) in [6, 6.07) is 9.55. The van der Waals surface area contributed by atoms with Crippen LogP contribution in [0.1, 0.15) is 38.2 Å². The number of ether oxygens (including phenoxy) is 1. The first kappa shape index (κ1) is 14.6. The van der Waals surface area contributed by atoms with E-state index >= 15 is 0 Å². The second kappa shape index (κ2) is 7.08. The van der Waals surface area contributed by atoms with Gasteiger partial charge in [0, 0.05) is 13.0 Å². The lowest BCUT2D eigenvalue weighted by molar-refractivity contribution is -0.152. The van der Waals surface area contributed by atoms with Crippen LogP contribution in [-0.2, 0) is 20.9 Å². The molecule has 0 radical (unpaired) electrons. The number of esters is 1. The Labute approximate surface area is 119 Å². The Balaban J connectivity index is 1.90. The van der Waals surface area contributed by atoms with Crippen molar-refractivity contribution in [3.63, 3.8) is 0 Å². The molecule has 108 valence electrons. The van der Waals surface area contributed by atoms with Crippen LogP contribution in [0.15, 0.2) is 30.3 Å². The molecule has 0 heterocycles. The summed E-state index contributed by atoms with van der Waals surface area (Å²) in [6.07, 6.45) is 3.71. The lowest BCUT2D eigenvalue weighted by Gasteiger charge is -2.30. The first-order chi connectivity index (χ1) is 9.66. The molecule has 1 aromatic carbocycles. The number of rotatable bonds is 4. The van der Waals surface area contributed by atoms with Gasteiger partial charge in [0.05, 0.1) is 5.92 Å². The van der Waals surface area contributed by atoms with E-state index in [0.29, 0.717) is 6.61 Å². The Morgan fingerprint density at radius 1 is 1.20 bits per heavy atom. The van der Waals surface area contributed by atoms with Crippen molar-refractivity contribution in [2.24, 2.45) is 5.92 Å². The van der Waals surface area contributed by atoms with Crippen molar-refractivity contribution in [3.8, 4) is 0 Å². The van der Waals surface area contributed by atoms with Crippen LogP contribution in [0.5, 0.6) is 0 Å². The third-order valence-electron chi connectivity index (χ3n) is 3.68. The van der Waals surface area contributed by atoms with Gasteiger partial charge >= 0.3 is 5.97 Å². The van der Waals surface area contributed by atoms with Gasteiger partial charge in [-0.3, -0.25) is 9.59 Å². The van der Waals surface area contributed by atoms with Crippen LogP contribution in [0.4, 0.5) is 0 Å². The lowest BCUT2D eigenvalue weighted by atomic mass is 9.84. The molecule has 1 aliphatic carbocycles. The largest absolute Gasteiger partial charge is 0.461 e. The van der Waals surface area contributed by atoms with Crippen LogP contribution in [0, 0.1) is 5.92 Å². The minimum absolute atomic E-state index is 0.0791. The van der Waals surface area contributed by atoms with Gasteiger partial charge in [-0.2, -0.15) is 0 Å². The summed E-state index contributed by atoms with van der Waals surface area (Å²) >= 11 is 0. The van der Waals surface area contributed by atoms with E-state index in [1.54, 1.807) is 0 Å². The summed E-state index contributed by atoms with van der Waals surface area (Å²) in [5.74, 6) is -0.499. The lowest BCUT2D eigenvalue weighted by Crippen LogP contribution is -2.44. The van der Waals surface area contributed by atoms with Crippen molar-refractivity contribution in [3.05, 3.63) is 35.9 Å². The van der Waals surface area contributed by atoms with Gasteiger partial charge in [0.2, 0.25) is 5.91 Å². The molecule has 1 N–H and O–H groups in total. The molecule has 0 unspecified atom stereocenters. The molecule has 2 atom stereocenters. The normalized spacial score (nSPS) is 22.1. The van der Waals surface area contributed by atoms with Crippen molar-refractivity contribution in [2.75, 3.05) is 0 Å². The smallest absolute Gasteiger partial charge is 0.311 e. The summed E-state index contributed by atoms with van der Waals surface area (Å²) in [7, 11) is 0. The monoisotopic (exact) mass is 275 g/mol. The SMILES string of the molecule is CC(=O)N[C@@H]1CCCC[C@H]1C(=O)OCc1ccccc1. The van der Waals surface area contributed by atoms with Gasteiger partial charge in [-0.05, 0) is 18.4 Å². The van der Waals surface area contributed by atoms with Crippen molar-refractivity contribution in [1.82, 2.24) is 5.32 Å². The molecule has 2 rings (SSSR count). The molecular weight excluding hydrogens is 254 g/mol.